The first kappa shape index (κ1) is 22.8. The van der Waals surface area contributed by atoms with Crippen LogP contribution >= 0.6 is 0 Å². The fraction of sp³-hybridized carbons (Fsp3) is 0.174. The minimum atomic E-state index is -4.50. The van der Waals surface area contributed by atoms with Crippen LogP contribution in [0.4, 0.5) is 13.2 Å². The molecular weight excluding hydrogens is 421 g/mol. The number of halogens is 3. The lowest BCUT2D eigenvalue weighted by atomic mass is 10.1. The maximum absolute atomic E-state index is 13.4. The molecule has 0 saturated heterocycles. The van der Waals surface area contributed by atoms with Crippen molar-refractivity contribution in [2.75, 3.05) is 0 Å². The summed E-state index contributed by atoms with van der Waals surface area (Å²) in [4.78, 5) is 23.8. The van der Waals surface area contributed by atoms with E-state index in [9.17, 15) is 22.8 Å². The van der Waals surface area contributed by atoms with E-state index in [-0.39, 0.29) is 12.2 Å². The number of hydrogen-bond donors (Lipinski definition) is 2. The van der Waals surface area contributed by atoms with E-state index < -0.39 is 23.6 Å². The Morgan fingerprint density at radius 2 is 1.66 bits per heavy atom. The Morgan fingerprint density at radius 3 is 2.34 bits per heavy atom. The van der Waals surface area contributed by atoms with Crippen molar-refractivity contribution in [1.82, 2.24) is 15.3 Å². The minimum Gasteiger partial charge on any atom is -0.344 e. The number of hydrogen-bond acceptors (Lipinski definition) is 3. The first-order valence-electron chi connectivity index (χ1n) is 9.69. The molecule has 0 aliphatic rings. The first-order valence-corrected chi connectivity index (χ1v) is 9.69. The summed E-state index contributed by atoms with van der Waals surface area (Å²) in [6, 6.07) is 16.0. The molecule has 166 valence electrons. The topological polar surface area (TPSA) is 75.5 Å². The Balaban J connectivity index is 1.70. The van der Waals surface area contributed by atoms with Gasteiger partial charge in [-0.15, -0.1) is 0 Å². The lowest BCUT2D eigenvalue weighted by Gasteiger charge is -2.16. The van der Waals surface area contributed by atoms with Gasteiger partial charge in [-0.1, -0.05) is 42.5 Å². The van der Waals surface area contributed by atoms with Gasteiger partial charge in [0.1, 0.15) is 0 Å². The van der Waals surface area contributed by atoms with Crippen molar-refractivity contribution < 1.29 is 22.8 Å². The molecule has 0 spiro atoms. The summed E-state index contributed by atoms with van der Waals surface area (Å²) in [5.41, 5.74) is 3.78. The Morgan fingerprint density at radius 1 is 1.00 bits per heavy atom. The number of nitrogens with one attached hydrogen (secondary N) is 2. The molecule has 2 amide bonds. The first-order chi connectivity index (χ1) is 15.2. The standard InChI is InChI=1S/C23H21F3N4O2/c1-15-12-18(16(2)30(15)20-11-7-6-10-19(20)23(24,25)26)14-28-29-22(32)21(31)27-13-17-8-4-3-5-9-17/h3-12,14H,13H2,1-2H3,(H,27,31)(H,29,32)/b28-14-. The van der Waals surface area contributed by atoms with Crippen LogP contribution in [0.1, 0.15) is 28.1 Å². The zero-order chi connectivity index (χ0) is 23.3. The normalized spacial score (nSPS) is 11.5. The van der Waals surface area contributed by atoms with Crippen LogP contribution in [0.25, 0.3) is 5.69 Å². The molecule has 2 aromatic carbocycles. The highest BCUT2D eigenvalue weighted by Gasteiger charge is 2.34. The molecule has 0 aliphatic carbocycles. The van der Waals surface area contributed by atoms with E-state index in [1.165, 1.54) is 29.0 Å². The number of carbonyl (C=O) groups is 2. The predicted octanol–water partition coefficient (Wildman–Crippen LogP) is 3.88. The molecule has 0 fully saturated rings. The Kier molecular flexibility index (Phi) is 6.77. The monoisotopic (exact) mass is 442 g/mol. The molecule has 6 nitrogen and oxygen atoms in total. The van der Waals surface area contributed by atoms with Gasteiger partial charge in [-0.05, 0) is 37.6 Å². The van der Waals surface area contributed by atoms with Gasteiger partial charge >= 0.3 is 18.0 Å². The van der Waals surface area contributed by atoms with Crippen LogP contribution in [0.15, 0.2) is 65.8 Å². The summed E-state index contributed by atoms with van der Waals surface area (Å²) in [6.07, 6.45) is -3.22. The summed E-state index contributed by atoms with van der Waals surface area (Å²) in [7, 11) is 0. The van der Waals surface area contributed by atoms with Crippen molar-refractivity contribution >= 4 is 18.0 Å². The van der Waals surface area contributed by atoms with Crippen LogP contribution in [0.2, 0.25) is 0 Å². The Hall–Kier alpha value is -3.88. The highest BCUT2D eigenvalue weighted by Crippen LogP contribution is 2.35. The molecule has 0 saturated carbocycles. The third-order valence-corrected chi connectivity index (χ3v) is 4.79. The summed E-state index contributed by atoms with van der Waals surface area (Å²) in [5.74, 6) is -1.80. The predicted molar refractivity (Wildman–Crippen MR) is 114 cm³/mol. The summed E-state index contributed by atoms with van der Waals surface area (Å²) >= 11 is 0. The second-order valence-electron chi connectivity index (χ2n) is 7.04. The van der Waals surface area contributed by atoms with Crippen LogP contribution in [0.3, 0.4) is 0 Å². The zero-order valence-corrected chi connectivity index (χ0v) is 17.4. The van der Waals surface area contributed by atoms with E-state index in [4.69, 9.17) is 0 Å². The number of hydrazone groups is 1. The van der Waals surface area contributed by atoms with Crippen LogP contribution in [-0.4, -0.2) is 22.6 Å². The molecule has 32 heavy (non-hydrogen) atoms. The fourth-order valence-electron chi connectivity index (χ4n) is 3.27. The lowest BCUT2D eigenvalue weighted by molar-refractivity contribution is -0.139. The molecular formula is C23H21F3N4O2. The van der Waals surface area contributed by atoms with Gasteiger partial charge in [-0.2, -0.15) is 18.3 Å². The molecule has 0 unspecified atom stereocenters. The van der Waals surface area contributed by atoms with E-state index in [2.05, 4.69) is 15.8 Å². The number of rotatable bonds is 5. The van der Waals surface area contributed by atoms with Crippen LogP contribution in [0.5, 0.6) is 0 Å². The van der Waals surface area contributed by atoms with E-state index in [0.717, 1.165) is 11.6 Å². The Bertz CT molecular complexity index is 1150. The van der Waals surface area contributed by atoms with E-state index in [1.54, 1.807) is 19.9 Å². The number of aromatic nitrogens is 1. The van der Waals surface area contributed by atoms with Gasteiger partial charge in [0.15, 0.2) is 0 Å². The molecule has 2 N–H and O–H groups in total. The average molecular weight is 442 g/mol. The van der Waals surface area contributed by atoms with Crippen molar-refractivity contribution in [1.29, 1.82) is 0 Å². The fourth-order valence-corrected chi connectivity index (χ4v) is 3.27. The molecule has 3 rings (SSSR count). The maximum atomic E-state index is 13.4. The number of alkyl halides is 3. The molecule has 0 bridgehead atoms. The van der Waals surface area contributed by atoms with Gasteiger partial charge in [0.05, 0.1) is 17.5 Å². The number of carbonyl (C=O) groups excluding carboxylic acids is 2. The van der Waals surface area contributed by atoms with E-state index in [1.807, 2.05) is 30.3 Å². The smallest absolute Gasteiger partial charge is 0.344 e. The van der Waals surface area contributed by atoms with Gasteiger partial charge in [-0.3, -0.25) is 9.59 Å². The molecule has 1 heterocycles. The zero-order valence-electron chi connectivity index (χ0n) is 17.4. The van der Waals surface area contributed by atoms with Crippen LogP contribution in [-0.2, 0) is 22.3 Å². The van der Waals surface area contributed by atoms with Crippen LogP contribution < -0.4 is 10.7 Å². The van der Waals surface area contributed by atoms with Crippen molar-refractivity contribution in [3.05, 3.63) is 88.7 Å². The number of aryl methyl sites for hydroxylation is 1. The second kappa shape index (κ2) is 9.51. The molecule has 0 atom stereocenters. The largest absolute Gasteiger partial charge is 0.418 e. The molecule has 3 aromatic rings. The van der Waals surface area contributed by atoms with Gasteiger partial charge in [-0.25, -0.2) is 5.43 Å². The van der Waals surface area contributed by atoms with Gasteiger partial charge in [0.25, 0.3) is 0 Å². The molecule has 1 aromatic heterocycles. The summed E-state index contributed by atoms with van der Waals surface area (Å²) in [6.45, 7) is 3.51. The van der Waals surface area contributed by atoms with E-state index in [0.29, 0.717) is 17.0 Å². The second-order valence-corrected chi connectivity index (χ2v) is 7.04. The molecule has 0 radical (unpaired) electrons. The number of amides is 2. The van der Waals surface area contributed by atoms with Crippen molar-refractivity contribution in [3.63, 3.8) is 0 Å². The summed E-state index contributed by atoms with van der Waals surface area (Å²) in [5, 5.41) is 6.26. The van der Waals surface area contributed by atoms with Crippen molar-refractivity contribution in [3.8, 4) is 5.69 Å². The summed E-state index contributed by atoms with van der Waals surface area (Å²) < 4.78 is 41.7. The van der Waals surface area contributed by atoms with Gasteiger partial charge in [0.2, 0.25) is 0 Å². The quantitative estimate of drug-likeness (QED) is 0.358. The van der Waals surface area contributed by atoms with Crippen LogP contribution in [0, 0.1) is 13.8 Å². The Labute approximate surface area is 182 Å². The van der Waals surface area contributed by atoms with E-state index >= 15 is 0 Å². The highest BCUT2D eigenvalue weighted by molar-refractivity contribution is 6.35. The minimum absolute atomic E-state index is 0.000949. The number of benzene rings is 2. The molecule has 9 heteroatoms. The maximum Gasteiger partial charge on any atom is 0.418 e. The number of nitrogens with zero attached hydrogens (tertiary/aromatic N) is 2. The van der Waals surface area contributed by atoms with Crippen molar-refractivity contribution in [2.24, 2.45) is 5.10 Å². The third-order valence-electron chi connectivity index (χ3n) is 4.79. The van der Waals surface area contributed by atoms with Gasteiger partial charge < -0.3 is 9.88 Å². The lowest BCUT2D eigenvalue weighted by Crippen LogP contribution is -2.37. The van der Waals surface area contributed by atoms with Gasteiger partial charge in [0, 0.05) is 23.5 Å². The number of para-hydroxylation sites is 1. The molecule has 0 aliphatic heterocycles. The highest BCUT2D eigenvalue weighted by atomic mass is 19.4. The third kappa shape index (κ3) is 5.23. The van der Waals surface area contributed by atoms with Crippen molar-refractivity contribution in [2.45, 2.75) is 26.6 Å². The SMILES string of the molecule is Cc1cc(/C=N\NC(=O)C(=O)NCc2ccccc2)c(C)n1-c1ccccc1C(F)(F)F. The average Bonchev–Trinajstić information content (AvgIpc) is 3.05.